The van der Waals surface area contributed by atoms with E-state index >= 15 is 0 Å². The molecular weight excluding hydrogens is 174 g/mol. The molecule has 0 spiro atoms. The summed E-state index contributed by atoms with van der Waals surface area (Å²) in [6.45, 7) is 5.32. The zero-order valence-electron chi connectivity index (χ0n) is 9.08. The van der Waals surface area contributed by atoms with Gasteiger partial charge in [0.2, 0.25) is 0 Å². The summed E-state index contributed by atoms with van der Waals surface area (Å²) in [4.78, 5) is 4.65. The van der Waals surface area contributed by atoms with Crippen LogP contribution >= 0.6 is 0 Å². The fourth-order valence-electron chi connectivity index (χ4n) is 2.28. The number of hydrogen-bond acceptors (Lipinski definition) is 2. The van der Waals surface area contributed by atoms with Gasteiger partial charge in [-0.05, 0) is 26.2 Å². The van der Waals surface area contributed by atoms with E-state index in [0.29, 0.717) is 0 Å². The van der Waals surface area contributed by atoms with Crippen LogP contribution in [0, 0.1) is 0 Å². The second-order valence-corrected chi connectivity index (χ2v) is 4.11. The molecule has 0 saturated heterocycles. The number of aryl methyl sites for hydroxylation is 1. The molecule has 0 bridgehead atoms. The number of imidazole rings is 1. The standard InChI is InChI=1S/C11H19N3/c1-3-10-13-11(8(2)12)9-6-4-5-7-14(9)10/h8H,3-7,12H2,1-2H3. The summed E-state index contributed by atoms with van der Waals surface area (Å²) in [7, 11) is 0. The Labute approximate surface area is 85.3 Å². The Hall–Kier alpha value is -0.830. The highest BCUT2D eigenvalue weighted by Gasteiger charge is 2.20. The van der Waals surface area contributed by atoms with Crippen molar-refractivity contribution in [2.75, 3.05) is 0 Å². The Morgan fingerprint density at radius 3 is 2.93 bits per heavy atom. The number of rotatable bonds is 2. The Kier molecular flexibility index (Phi) is 2.59. The topological polar surface area (TPSA) is 43.8 Å². The van der Waals surface area contributed by atoms with Crippen LogP contribution in [0.5, 0.6) is 0 Å². The van der Waals surface area contributed by atoms with Crippen molar-refractivity contribution in [1.82, 2.24) is 9.55 Å². The molecule has 2 heterocycles. The summed E-state index contributed by atoms with van der Waals surface area (Å²) in [5.74, 6) is 1.21. The molecule has 0 aromatic carbocycles. The van der Waals surface area contributed by atoms with Crippen molar-refractivity contribution in [2.45, 2.75) is 52.1 Å². The van der Waals surface area contributed by atoms with Gasteiger partial charge in [0.1, 0.15) is 5.82 Å². The summed E-state index contributed by atoms with van der Waals surface area (Å²) in [6, 6.07) is 0.0784. The maximum Gasteiger partial charge on any atom is 0.108 e. The second kappa shape index (κ2) is 3.73. The fourth-order valence-corrected chi connectivity index (χ4v) is 2.28. The van der Waals surface area contributed by atoms with Gasteiger partial charge in [-0.2, -0.15) is 0 Å². The molecular formula is C11H19N3. The third-order valence-corrected chi connectivity index (χ3v) is 2.98. The predicted molar refractivity (Wildman–Crippen MR) is 57.1 cm³/mol. The number of nitrogens with two attached hydrogens (primary N) is 1. The van der Waals surface area contributed by atoms with Crippen molar-refractivity contribution >= 4 is 0 Å². The minimum absolute atomic E-state index is 0.0784. The highest BCUT2D eigenvalue weighted by Crippen LogP contribution is 2.24. The van der Waals surface area contributed by atoms with Gasteiger partial charge in [0.15, 0.2) is 0 Å². The third-order valence-electron chi connectivity index (χ3n) is 2.98. The third kappa shape index (κ3) is 1.46. The lowest BCUT2D eigenvalue weighted by molar-refractivity contribution is 0.512. The highest BCUT2D eigenvalue weighted by atomic mass is 15.1. The van der Waals surface area contributed by atoms with E-state index in [1.54, 1.807) is 0 Å². The monoisotopic (exact) mass is 193 g/mol. The predicted octanol–water partition coefficient (Wildman–Crippen LogP) is 1.80. The molecule has 2 N–H and O–H groups in total. The molecule has 1 aromatic rings. The number of aromatic nitrogens is 2. The van der Waals surface area contributed by atoms with Gasteiger partial charge < -0.3 is 10.3 Å². The van der Waals surface area contributed by atoms with Gasteiger partial charge in [0.25, 0.3) is 0 Å². The molecule has 1 aliphatic heterocycles. The van der Waals surface area contributed by atoms with Crippen LogP contribution < -0.4 is 5.73 Å². The summed E-state index contributed by atoms with van der Waals surface area (Å²) in [5, 5.41) is 0. The first-order valence-electron chi connectivity index (χ1n) is 5.57. The number of fused-ring (bicyclic) bond motifs is 1. The van der Waals surface area contributed by atoms with E-state index in [1.165, 1.54) is 24.4 Å². The molecule has 1 aromatic heterocycles. The lowest BCUT2D eigenvalue weighted by Crippen LogP contribution is -2.15. The van der Waals surface area contributed by atoms with Gasteiger partial charge in [0, 0.05) is 24.7 Å². The molecule has 3 heteroatoms. The van der Waals surface area contributed by atoms with Crippen LogP contribution in [0.2, 0.25) is 0 Å². The van der Waals surface area contributed by atoms with Crippen molar-refractivity contribution < 1.29 is 0 Å². The number of hydrogen-bond donors (Lipinski definition) is 1. The zero-order chi connectivity index (χ0) is 10.1. The average Bonchev–Trinajstić information content (AvgIpc) is 2.56. The van der Waals surface area contributed by atoms with Gasteiger partial charge >= 0.3 is 0 Å². The van der Waals surface area contributed by atoms with Gasteiger partial charge in [-0.1, -0.05) is 6.92 Å². The summed E-state index contributed by atoms with van der Waals surface area (Å²) in [6.07, 6.45) is 4.74. The summed E-state index contributed by atoms with van der Waals surface area (Å²) in [5.41, 5.74) is 8.45. The van der Waals surface area contributed by atoms with Crippen molar-refractivity contribution in [3.05, 3.63) is 17.2 Å². The van der Waals surface area contributed by atoms with Gasteiger partial charge in [0.05, 0.1) is 5.69 Å². The van der Waals surface area contributed by atoms with Crippen molar-refractivity contribution in [3.8, 4) is 0 Å². The lowest BCUT2D eigenvalue weighted by atomic mass is 10.1. The minimum Gasteiger partial charge on any atom is -0.332 e. The normalized spacial score (nSPS) is 17.9. The van der Waals surface area contributed by atoms with Crippen LogP contribution in [0.25, 0.3) is 0 Å². The van der Waals surface area contributed by atoms with E-state index in [2.05, 4.69) is 16.5 Å². The molecule has 78 valence electrons. The molecule has 2 rings (SSSR count). The first kappa shape index (κ1) is 9.71. The molecule has 1 atom stereocenters. The fraction of sp³-hybridized carbons (Fsp3) is 0.727. The van der Waals surface area contributed by atoms with Crippen LogP contribution in [-0.4, -0.2) is 9.55 Å². The maximum atomic E-state index is 5.93. The van der Waals surface area contributed by atoms with Crippen LogP contribution in [-0.2, 0) is 19.4 Å². The van der Waals surface area contributed by atoms with Gasteiger partial charge in [-0.25, -0.2) is 4.98 Å². The second-order valence-electron chi connectivity index (χ2n) is 4.11. The molecule has 0 aliphatic carbocycles. The highest BCUT2D eigenvalue weighted by molar-refractivity contribution is 5.21. The molecule has 1 aliphatic rings. The molecule has 3 nitrogen and oxygen atoms in total. The van der Waals surface area contributed by atoms with Crippen molar-refractivity contribution in [3.63, 3.8) is 0 Å². The zero-order valence-corrected chi connectivity index (χ0v) is 9.08. The van der Waals surface area contributed by atoms with Crippen molar-refractivity contribution in [1.29, 1.82) is 0 Å². The summed E-state index contributed by atoms with van der Waals surface area (Å²) >= 11 is 0. The molecule has 1 unspecified atom stereocenters. The van der Waals surface area contributed by atoms with E-state index < -0.39 is 0 Å². The average molecular weight is 193 g/mol. The largest absolute Gasteiger partial charge is 0.332 e. The molecule has 0 fully saturated rings. The van der Waals surface area contributed by atoms with Gasteiger partial charge in [-0.15, -0.1) is 0 Å². The molecule has 0 saturated carbocycles. The smallest absolute Gasteiger partial charge is 0.108 e. The SMILES string of the molecule is CCc1nc(C(C)N)c2n1CCCC2. The maximum absolute atomic E-state index is 5.93. The Morgan fingerprint density at radius 1 is 1.50 bits per heavy atom. The minimum atomic E-state index is 0.0784. The van der Waals surface area contributed by atoms with E-state index in [9.17, 15) is 0 Å². The van der Waals surface area contributed by atoms with Gasteiger partial charge in [-0.3, -0.25) is 0 Å². The number of nitrogens with zero attached hydrogens (tertiary/aromatic N) is 2. The molecule has 14 heavy (non-hydrogen) atoms. The van der Waals surface area contributed by atoms with Crippen LogP contribution in [0.15, 0.2) is 0 Å². The van der Waals surface area contributed by atoms with Crippen LogP contribution in [0.4, 0.5) is 0 Å². The summed E-state index contributed by atoms with van der Waals surface area (Å²) < 4.78 is 2.38. The Balaban J connectivity index is 2.46. The first-order chi connectivity index (χ1) is 6.74. The van der Waals surface area contributed by atoms with E-state index in [1.807, 2.05) is 6.92 Å². The molecule has 0 radical (unpaired) electrons. The van der Waals surface area contributed by atoms with E-state index in [-0.39, 0.29) is 6.04 Å². The van der Waals surface area contributed by atoms with Crippen LogP contribution in [0.1, 0.15) is 49.9 Å². The molecule has 0 amide bonds. The lowest BCUT2D eigenvalue weighted by Gasteiger charge is -2.17. The van der Waals surface area contributed by atoms with Crippen LogP contribution in [0.3, 0.4) is 0 Å². The van der Waals surface area contributed by atoms with E-state index in [0.717, 1.165) is 25.1 Å². The van der Waals surface area contributed by atoms with E-state index in [4.69, 9.17) is 5.73 Å². The first-order valence-corrected chi connectivity index (χ1v) is 5.57. The Morgan fingerprint density at radius 2 is 2.29 bits per heavy atom. The van der Waals surface area contributed by atoms with Crippen molar-refractivity contribution in [2.24, 2.45) is 5.73 Å². The quantitative estimate of drug-likeness (QED) is 0.778. The Bertz CT molecular complexity index is 326.